The monoisotopic (exact) mass is 409 g/mol. The highest BCUT2D eigenvalue weighted by Crippen LogP contribution is 2.24. The molecule has 150 valence electrons. The molecule has 1 aromatic carbocycles. The second kappa shape index (κ2) is 9.59. The summed E-state index contributed by atoms with van der Waals surface area (Å²) >= 11 is 0.296. The van der Waals surface area contributed by atoms with E-state index < -0.39 is 11.7 Å². The van der Waals surface area contributed by atoms with Gasteiger partial charge < -0.3 is 10.1 Å². The van der Waals surface area contributed by atoms with Crippen molar-refractivity contribution in [3.05, 3.63) is 46.3 Å². The molecule has 2 aromatic rings. The van der Waals surface area contributed by atoms with E-state index in [0.29, 0.717) is 40.8 Å². The lowest BCUT2D eigenvalue weighted by atomic mass is 10.1. The van der Waals surface area contributed by atoms with Crippen molar-refractivity contribution in [2.24, 2.45) is 0 Å². The standard InChI is InChI=1S/C19H21F2N3O3S/c1-10-5-6-13(17(26)27-4)9-15(10)24-16(25)8-7-14-11(2)22-19(23-12(14)3)28-18(20)21/h5-6,9,18H,7-8H2,1-4H3,(H,24,25). The fourth-order valence-corrected chi connectivity index (χ4v) is 3.19. The molecule has 28 heavy (non-hydrogen) atoms. The van der Waals surface area contributed by atoms with Crippen LogP contribution in [0.5, 0.6) is 0 Å². The summed E-state index contributed by atoms with van der Waals surface area (Å²) in [5.74, 6) is -3.31. The van der Waals surface area contributed by atoms with Crippen molar-refractivity contribution in [1.29, 1.82) is 0 Å². The molecule has 1 heterocycles. The third kappa shape index (κ3) is 5.72. The number of aromatic nitrogens is 2. The van der Waals surface area contributed by atoms with Gasteiger partial charge in [0, 0.05) is 23.5 Å². The van der Waals surface area contributed by atoms with Gasteiger partial charge in [0.15, 0.2) is 5.16 Å². The van der Waals surface area contributed by atoms with Crippen LogP contribution in [0.2, 0.25) is 0 Å². The molecule has 0 spiro atoms. The van der Waals surface area contributed by atoms with Crippen LogP contribution in [0.25, 0.3) is 0 Å². The Morgan fingerprint density at radius 2 is 1.82 bits per heavy atom. The molecule has 1 N–H and O–H groups in total. The summed E-state index contributed by atoms with van der Waals surface area (Å²) in [7, 11) is 1.29. The molecular formula is C19H21F2N3O3S. The van der Waals surface area contributed by atoms with Gasteiger partial charge in [-0.15, -0.1) is 0 Å². The summed E-state index contributed by atoms with van der Waals surface area (Å²) < 4.78 is 29.6. The molecule has 0 fully saturated rings. The van der Waals surface area contributed by atoms with Crippen LogP contribution >= 0.6 is 11.8 Å². The van der Waals surface area contributed by atoms with Gasteiger partial charge in [-0.1, -0.05) is 6.07 Å². The first kappa shape index (κ1) is 21.7. The third-order valence-electron chi connectivity index (χ3n) is 4.13. The Balaban J connectivity index is 2.06. The van der Waals surface area contributed by atoms with Gasteiger partial charge in [0.2, 0.25) is 5.91 Å². The fraction of sp³-hybridized carbons (Fsp3) is 0.368. The molecule has 0 saturated heterocycles. The maximum atomic E-state index is 12.5. The minimum atomic E-state index is -2.58. The van der Waals surface area contributed by atoms with Crippen molar-refractivity contribution in [3.8, 4) is 0 Å². The predicted molar refractivity (Wildman–Crippen MR) is 103 cm³/mol. The average molecular weight is 409 g/mol. The van der Waals surface area contributed by atoms with E-state index in [1.807, 2.05) is 6.92 Å². The molecule has 0 aliphatic rings. The molecule has 0 bridgehead atoms. The van der Waals surface area contributed by atoms with E-state index >= 15 is 0 Å². The number of carbonyl (C=O) groups excluding carboxylic acids is 2. The molecule has 0 aliphatic heterocycles. The van der Waals surface area contributed by atoms with E-state index in [0.717, 1.165) is 11.1 Å². The van der Waals surface area contributed by atoms with Crippen molar-refractivity contribution in [3.63, 3.8) is 0 Å². The van der Waals surface area contributed by atoms with E-state index in [4.69, 9.17) is 0 Å². The summed E-state index contributed by atoms with van der Waals surface area (Å²) in [6.07, 6.45) is 0.535. The Kier molecular flexibility index (Phi) is 7.45. The second-order valence-corrected chi connectivity index (χ2v) is 7.06. The number of methoxy groups -OCH3 is 1. The van der Waals surface area contributed by atoms with Crippen LogP contribution in [-0.2, 0) is 16.0 Å². The van der Waals surface area contributed by atoms with E-state index in [1.54, 1.807) is 32.0 Å². The first-order valence-electron chi connectivity index (χ1n) is 8.49. The number of hydrogen-bond donors (Lipinski definition) is 1. The molecule has 0 aliphatic carbocycles. The van der Waals surface area contributed by atoms with E-state index in [2.05, 4.69) is 20.0 Å². The predicted octanol–water partition coefficient (Wildman–Crippen LogP) is 4.07. The van der Waals surface area contributed by atoms with Crippen LogP contribution in [0.3, 0.4) is 0 Å². The Morgan fingerprint density at radius 3 is 2.39 bits per heavy atom. The van der Waals surface area contributed by atoms with Crippen LogP contribution in [0, 0.1) is 20.8 Å². The smallest absolute Gasteiger partial charge is 0.337 e. The quantitative estimate of drug-likeness (QED) is 0.422. The summed E-state index contributed by atoms with van der Waals surface area (Å²) in [4.78, 5) is 32.2. The van der Waals surface area contributed by atoms with Gasteiger partial charge in [0.25, 0.3) is 5.76 Å². The Hall–Kier alpha value is -2.55. The van der Waals surface area contributed by atoms with Gasteiger partial charge in [-0.3, -0.25) is 4.79 Å². The van der Waals surface area contributed by atoms with Crippen LogP contribution in [-0.4, -0.2) is 34.7 Å². The molecule has 2 rings (SSSR count). The maximum absolute atomic E-state index is 12.5. The lowest BCUT2D eigenvalue weighted by Crippen LogP contribution is -2.15. The maximum Gasteiger partial charge on any atom is 0.337 e. The lowest BCUT2D eigenvalue weighted by Gasteiger charge is -2.12. The largest absolute Gasteiger partial charge is 0.465 e. The zero-order chi connectivity index (χ0) is 20.8. The Morgan fingerprint density at radius 1 is 1.18 bits per heavy atom. The molecular weight excluding hydrogens is 388 g/mol. The van der Waals surface area contributed by atoms with Gasteiger partial charge in [-0.2, -0.15) is 8.78 Å². The molecule has 1 aromatic heterocycles. The summed E-state index contributed by atoms with van der Waals surface area (Å²) in [5, 5.41) is 2.81. The van der Waals surface area contributed by atoms with E-state index in [9.17, 15) is 18.4 Å². The van der Waals surface area contributed by atoms with Crippen LogP contribution in [0.15, 0.2) is 23.4 Å². The number of benzene rings is 1. The molecule has 0 unspecified atom stereocenters. The number of hydrogen-bond acceptors (Lipinski definition) is 6. The highest BCUT2D eigenvalue weighted by molar-refractivity contribution is 7.99. The minimum absolute atomic E-state index is 0.0217. The highest BCUT2D eigenvalue weighted by atomic mass is 32.2. The Labute approximate surface area is 166 Å². The van der Waals surface area contributed by atoms with Crippen LogP contribution in [0.1, 0.15) is 39.3 Å². The third-order valence-corrected chi connectivity index (χ3v) is 4.70. The van der Waals surface area contributed by atoms with Crippen molar-refractivity contribution < 1.29 is 23.1 Å². The molecule has 6 nitrogen and oxygen atoms in total. The highest BCUT2D eigenvalue weighted by Gasteiger charge is 2.15. The minimum Gasteiger partial charge on any atom is -0.465 e. The first-order valence-corrected chi connectivity index (χ1v) is 9.37. The fourth-order valence-electron chi connectivity index (χ4n) is 2.66. The lowest BCUT2D eigenvalue weighted by molar-refractivity contribution is -0.116. The van der Waals surface area contributed by atoms with Gasteiger partial charge >= 0.3 is 5.97 Å². The average Bonchev–Trinajstić information content (AvgIpc) is 2.61. The molecule has 0 atom stereocenters. The number of anilines is 1. The number of thioether (sulfide) groups is 1. The molecule has 0 radical (unpaired) electrons. The van der Waals surface area contributed by atoms with Gasteiger partial charge in [0.1, 0.15) is 0 Å². The topological polar surface area (TPSA) is 81.2 Å². The number of esters is 1. The first-order chi connectivity index (χ1) is 13.2. The summed E-state index contributed by atoms with van der Waals surface area (Å²) in [6, 6.07) is 4.91. The summed E-state index contributed by atoms with van der Waals surface area (Å²) in [6.45, 7) is 5.24. The summed E-state index contributed by atoms with van der Waals surface area (Å²) in [5.41, 5.74) is 3.59. The Bertz CT molecular complexity index is 868. The van der Waals surface area contributed by atoms with E-state index in [-0.39, 0.29) is 17.5 Å². The van der Waals surface area contributed by atoms with Crippen molar-refractivity contribution in [1.82, 2.24) is 9.97 Å². The molecule has 1 amide bonds. The second-order valence-electron chi connectivity index (χ2n) is 6.10. The normalized spacial score (nSPS) is 10.8. The number of halogens is 2. The zero-order valence-electron chi connectivity index (χ0n) is 16.0. The van der Waals surface area contributed by atoms with Gasteiger partial charge in [0.05, 0.1) is 12.7 Å². The number of amides is 1. The number of ether oxygens (including phenoxy) is 1. The SMILES string of the molecule is COC(=O)c1ccc(C)c(NC(=O)CCc2c(C)nc(SC(F)F)nc2C)c1. The van der Waals surface area contributed by atoms with Crippen molar-refractivity contribution in [2.45, 2.75) is 44.5 Å². The van der Waals surface area contributed by atoms with Crippen molar-refractivity contribution >= 4 is 29.3 Å². The number of nitrogens with zero attached hydrogens (tertiary/aromatic N) is 2. The number of carbonyl (C=O) groups is 2. The number of rotatable bonds is 7. The van der Waals surface area contributed by atoms with Crippen molar-refractivity contribution in [2.75, 3.05) is 12.4 Å². The van der Waals surface area contributed by atoms with Crippen LogP contribution in [0.4, 0.5) is 14.5 Å². The van der Waals surface area contributed by atoms with E-state index in [1.165, 1.54) is 7.11 Å². The van der Waals surface area contributed by atoms with Gasteiger partial charge in [-0.05, 0) is 62.2 Å². The van der Waals surface area contributed by atoms with Crippen LogP contribution < -0.4 is 5.32 Å². The number of aryl methyl sites for hydroxylation is 3. The molecule has 0 saturated carbocycles. The zero-order valence-corrected chi connectivity index (χ0v) is 16.8. The number of alkyl halides is 2. The molecule has 9 heteroatoms. The number of nitrogens with one attached hydrogen (secondary N) is 1. The van der Waals surface area contributed by atoms with Gasteiger partial charge in [-0.25, -0.2) is 14.8 Å².